The minimum atomic E-state index is -0.0903. The van der Waals surface area contributed by atoms with Crippen molar-refractivity contribution in [3.05, 3.63) is 45.4 Å². The van der Waals surface area contributed by atoms with E-state index in [1.165, 1.54) is 11.3 Å². The summed E-state index contributed by atoms with van der Waals surface area (Å²) < 4.78 is 0.775. The van der Waals surface area contributed by atoms with Gasteiger partial charge in [0.25, 0.3) is 0 Å². The number of nitrogens with one attached hydrogen (secondary N) is 1. The van der Waals surface area contributed by atoms with Crippen LogP contribution in [0.25, 0.3) is 0 Å². The highest BCUT2D eigenvalue weighted by Gasteiger charge is 2.11. The van der Waals surface area contributed by atoms with E-state index in [0.717, 1.165) is 14.9 Å². The van der Waals surface area contributed by atoms with Crippen LogP contribution in [0.4, 0.5) is 0 Å². The number of aromatic nitrogens is 1. The molecular weight excluding hydrogens is 204 g/mol. The molecule has 68 valence electrons. The zero-order valence-corrected chi connectivity index (χ0v) is 8.40. The van der Waals surface area contributed by atoms with Gasteiger partial charge in [0.15, 0.2) is 0 Å². The van der Waals surface area contributed by atoms with E-state index in [1.54, 1.807) is 0 Å². The first-order chi connectivity index (χ1) is 6.27. The van der Waals surface area contributed by atoms with Crippen molar-refractivity contribution in [3.8, 4) is 0 Å². The Labute approximate surface area is 85.3 Å². The van der Waals surface area contributed by atoms with Crippen LogP contribution < -0.4 is 5.73 Å². The summed E-state index contributed by atoms with van der Waals surface area (Å²) in [5, 5.41) is 0. The Morgan fingerprint density at radius 3 is 2.77 bits per heavy atom. The van der Waals surface area contributed by atoms with Gasteiger partial charge in [0.1, 0.15) is 0 Å². The summed E-state index contributed by atoms with van der Waals surface area (Å²) in [6, 6.07) is 7.64. The van der Waals surface area contributed by atoms with E-state index >= 15 is 0 Å². The minimum absolute atomic E-state index is 0.0903. The maximum atomic E-state index is 5.99. The van der Waals surface area contributed by atoms with Gasteiger partial charge in [0.2, 0.25) is 0 Å². The standard InChI is InChI=1S/C9H9ClN2S/c10-8-4-3-7(13-8)9(11)6-2-1-5-12-6/h1-5,9,12H,11H2. The number of thiophene rings is 1. The Hall–Kier alpha value is -0.770. The van der Waals surface area contributed by atoms with E-state index in [0.29, 0.717) is 0 Å². The molecule has 0 aliphatic rings. The molecule has 0 aromatic carbocycles. The first-order valence-electron chi connectivity index (χ1n) is 3.91. The molecule has 0 aliphatic heterocycles. The number of halogens is 1. The van der Waals surface area contributed by atoms with Crippen LogP contribution in [-0.4, -0.2) is 4.98 Å². The molecule has 3 N–H and O–H groups in total. The highest BCUT2D eigenvalue weighted by atomic mass is 35.5. The van der Waals surface area contributed by atoms with Gasteiger partial charge < -0.3 is 10.7 Å². The van der Waals surface area contributed by atoms with E-state index in [2.05, 4.69) is 4.98 Å². The van der Waals surface area contributed by atoms with Crippen LogP contribution in [-0.2, 0) is 0 Å². The summed E-state index contributed by atoms with van der Waals surface area (Å²) >= 11 is 7.33. The van der Waals surface area contributed by atoms with Crippen molar-refractivity contribution in [3.63, 3.8) is 0 Å². The van der Waals surface area contributed by atoms with E-state index < -0.39 is 0 Å². The van der Waals surface area contributed by atoms with Crippen LogP contribution >= 0.6 is 22.9 Å². The van der Waals surface area contributed by atoms with Crippen LogP contribution in [0.15, 0.2) is 30.5 Å². The summed E-state index contributed by atoms with van der Waals surface area (Å²) in [4.78, 5) is 4.16. The molecule has 0 spiro atoms. The van der Waals surface area contributed by atoms with Crippen molar-refractivity contribution in [2.24, 2.45) is 5.73 Å². The van der Waals surface area contributed by atoms with Gasteiger partial charge in [-0.1, -0.05) is 11.6 Å². The van der Waals surface area contributed by atoms with Crippen molar-refractivity contribution < 1.29 is 0 Å². The van der Waals surface area contributed by atoms with E-state index in [9.17, 15) is 0 Å². The van der Waals surface area contributed by atoms with Gasteiger partial charge in [-0.15, -0.1) is 11.3 Å². The molecule has 2 rings (SSSR count). The summed E-state index contributed by atoms with van der Waals surface area (Å²) in [6.45, 7) is 0. The molecule has 2 aromatic rings. The van der Waals surface area contributed by atoms with Gasteiger partial charge in [-0.05, 0) is 24.3 Å². The Morgan fingerprint density at radius 1 is 1.38 bits per heavy atom. The van der Waals surface area contributed by atoms with Gasteiger partial charge in [0, 0.05) is 16.8 Å². The van der Waals surface area contributed by atoms with Gasteiger partial charge in [-0.2, -0.15) is 0 Å². The molecule has 2 heterocycles. The van der Waals surface area contributed by atoms with Crippen molar-refractivity contribution in [2.75, 3.05) is 0 Å². The molecule has 0 saturated heterocycles. The van der Waals surface area contributed by atoms with Gasteiger partial charge in [0.05, 0.1) is 10.4 Å². The molecule has 0 saturated carbocycles. The maximum Gasteiger partial charge on any atom is 0.0931 e. The quantitative estimate of drug-likeness (QED) is 0.790. The average Bonchev–Trinajstić information content (AvgIpc) is 2.72. The number of aromatic amines is 1. The number of rotatable bonds is 2. The molecule has 0 radical (unpaired) electrons. The topological polar surface area (TPSA) is 41.8 Å². The lowest BCUT2D eigenvalue weighted by atomic mass is 10.2. The molecule has 2 nitrogen and oxygen atoms in total. The monoisotopic (exact) mass is 212 g/mol. The molecule has 4 heteroatoms. The van der Waals surface area contributed by atoms with Gasteiger partial charge in [-0.25, -0.2) is 0 Å². The summed E-state index contributed by atoms with van der Waals surface area (Å²) in [5.41, 5.74) is 7.01. The normalized spacial score (nSPS) is 13.1. The minimum Gasteiger partial charge on any atom is -0.363 e. The second-order valence-corrected chi connectivity index (χ2v) is 4.49. The summed E-state index contributed by atoms with van der Waals surface area (Å²) in [6.07, 6.45) is 1.87. The van der Waals surface area contributed by atoms with Crippen LogP contribution in [0, 0.1) is 0 Å². The fourth-order valence-electron chi connectivity index (χ4n) is 1.19. The van der Waals surface area contributed by atoms with Crippen molar-refractivity contribution in [2.45, 2.75) is 6.04 Å². The molecule has 1 atom stereocenters. The number of hydrogen-bond donors (Lipinski definition) is 2. The van der Waals surface area contributed by atoms with E-state index in [4.69, 9.17) is 17.3 Å². The second-order valence-electron chi connectivity index (χ2n) is 2.75. The van der Waals surface area contributed by atoms with Crippen molar-refractivity contribution >= 4 is 22.9 Å². The largest absolute Gasteiger partial charge is 0.363 e. The fraction of sp³-hybridized carbons (Fsp3) is 0.111. The molecule has 0 amide bonds. The molecule has 0 fully saturated rings. The lowest BCUT2D eigenvalue weighted by Gasteiger charge is -2.05. The van der Waals surface area contributed by atoms with Crippen molar-refractivity contribution in [1.82, 2.24) is 4.98 Å². The molecule has 0 aliphatic carbocycles. The number of hydrogen-bond acceptors (Lipinski definition) is 2. The first kappa shape index (κ1) is 8.81. The first-order valence-corrected chi connectivity index (χ1v) is 5.11. The molecule has 0 bridgehead atoms. The number of nitrogens with two attached hydrogens (primary N) is 1. The Bertz CT molecular complexity index is 380. The Kier molecular flexibility index (Phi) is 2.40. The highest BCUT2D eigenvalue weighted by Crippen LogP contribution is 2.28. The lowest BCUT2D eigenvalue weighted by Crippen LogP contribution is -2.10. The molecule has 13 heavy (non-hydrogen) atoms. The fourth-order valence-corrected chi connectivity index (χ4v) is 2.27. The average molecular weight is 213 g/mol. The summed E-state index contributed by atoms with van der Waals surface area (Å²) in [5.74, 6) is 0. The zero-order valence-electron chi connectivity index (χ0n) is 6.83. The predicted molar refractivity (Wildman–Crippen MR) is 56.2 cm³/mol. The third kappa shape index (κ3) is 1.77. The van der Waals surface area contributed by atoms with Crippen LogP contribution in [0.3, 0.4) is 0 Å². The third-order valence-corrected chi connectivity index (χ3v) is 3.17. The summed E-state index contributed by atoms with van der Waals surface area (Å²) in [7, 11) is 0. The third-order valence-electron chi connectivity index (χ3n) is 1.86. The molecule has 2 aromatic heterocycles. The number of H-pyrrole nitrogens is 1. The smallest absolute Gasteiger partial charge is 0.0931 e. The van der Waals surface area contributed by atoms with Crippen LogP contribution in [0.5, 0.6) is 0 Å². The molecular formula is C9H9ClN2S. The van der Waals surface area contributed by atoms with Crippen LogP contribution in [0.2, 0.25) is 4.34 Å². The van der Waals surface area contributed by atoms with Gasteiger partial charge >= 0.3 is 0 Å². The van der Waals surface area contributed by atoms with E-state index in [1.807, 2.05) is 30.5 Å². The van der Waals surface area contributed by atoms with E-state index in [-0.39, 0.29) is 6.04 Å². The van der Waals surface area contributed by atoms with Crippen LogP contribution in [0.1, 0.15) is 16.6 Å². The SMILES string of the molecule is NC(c1ccc[nH]1)c1ccc(Cl)s1. The lowest BCUT2D eigenvalue weighted by molar-refractivity contribution is 0.858. The second kappa shape index (κ2) is 3.54. The Morgan fingerprint density at radius 2 is 2.23 bits per heavy atom. The molecule has 1 unspecified atom stereocenters. The maximum absolute atomic E-state index is 5.99. The predicted octanol–water partition coefficient (Wildman–Crippen LogP) is 2.78. The Balaban J connectivity index is 2.28. The highest BCUT2D eigenvalue weighted by molar-refractivity contribution is 7.16. The zero-order chi connectivity index (χ0) is 9.26. The van der Waals surface area contributed by atoms with Gasteiger partial charge in [-0.3, -0.25) is 0 Å². The van der Waals surface area contributed by atoms with Crippen molar-refractivity contribution in [1.29, 1.82) is 0 Å².